The van der Waals surface area contributed by atoms with E-state index in [0.29, 0.717) is 0 Å². The second-order valence-electron chi connectivity index (χ2n) is 4.78. The van der Waals surface area contributed by atoms with E-state index in [9.17, 15) is 0 Å². The van der Waals surface area contributed by atoms with E-state index in [1.54, 1.807) is 36.9 Å². The molecule has 4 aromatic rings. The molecule has 0 unspecified atom stereocenters. The normalized spacial score (nSPS) is 9.38. The average molecular weight is 342 g/mol. The van der Waals surface area contributed by atoms with Crippen LogP contribution in [0.1, 0.15) is 11.1 Å². The average Bonchev–Trinajstić information content (AvgIpc) is 2.77. The summed E-state index contributed by atoms with van der Waals surface area (Å²) in [6.45, 7) is 0. The number of aromatic nitrogens is 6. The highest BCUT2D eigenvalue weighted by atomic mass is 15.3. The monoisotopic (exact) mass is 342 g/mol. The number of rotatable bonds is 2. The fourth-order valence-electron chi connectivity index (χ4n) is 1.73. The van der Waals surface area contributed by atoms with Gasteiger partial charge in [-0.05, 0) is 33.7 Å². The Bertz CT molecular complexity index is 698. The molecular formula is C20H18N6. The van der Waals surface area contributed by atoms with Gasteiger partial charge in [0.2, 0.25) is 0 Å². The molecule has 0 amide bonds. The second-order valence-corrected chi connectivity index (χ2v) is 4.78. The summed E-state index contributed by atoms with van der Waals surface area (Å²) in [7, 11) is 0. The quantitative estimate of drug-likeness (QED) is 0.518. The predicted molar refractivity (Wildman–Crippen MR) is 101 cm³/mol. The summed E-state index contributed by atoms with van der Waals surface area (Å²) in [6, 6.07) is 24.1. The van der Waals surface area contributed by atoms with Crippen molar-refractivity contribution >= 4 is 12.2 Å². The van der Waals surface area contributed by atoms with Crippen LogP contribution in [0.25, 0.3) is 12.2 Å². The molecule has 0 bridgehead atoms. The third-order valence-corrected chi connectivity index (χ3v) is 2.88. The Morgan fingerprint density at radius 3 is 1.00 bits per heavy atom. The highest BCUT2D eigenvalue weighted by Crippen LogP contribution is 2.06. The molecule has 128 valence electrons. The van der Waals surface area contributed by atoms with Crippen LogP contribution in [0.3, 0.4) is 0 Å². The molecule has 0 aliphatic heterocycles. The zero-order valence-corrected chi connectivity index (χ0v) is 14.1. The number of nitrogens with zero attached hydrogens (tertiary/aromatic N) is 6. The zero-order valence-electron chi connectivity index (χ0n) is 14.1. The van der Waals surface area contributed by atoms with Crippen LogP contribution in [0, 0.1) is 0 Å². The SMILES string of the molecule is C(=C\c1ccccc1)/c1ccccc1.c1cnnnc1.c1cnnnc1. The summed E-state index contributed by atoms with van der Waals surface area (Å²) in [6.07, 6.45) is 10.5. The van der Waals surface area contributed by atoms with E-state index in [1.807, 2.05) is 36.4 Å². The van der Waals surface area contributed by atoms with Gasteiger partial charge in [0.1, 0.15) is 0 Å². The Morgan fingerprint density at radius 1 is 0.423 bits per heavy atom. The Kier molecular flexibility index (Phi) is 8.98. The van der Waals surface area contributed by atoms with Crippen molar-refractivity contribution in [2.45, 2.75) is 0 Å². The van der Waals surface area contributed by atoms with Gasteiger partial charge in [-0.15, -0.1) is 20.4 Å². The van der Waals surface area contributed by atoms with Crippen molar-refractivity contribution in [3.63, 3.8) is 0 Å². The van der Waals surface area contributed by atoms with Gasteiger partial charge in [0.15, 0.2) is 0 Å². The first-order valence-electron chi connectivity index (χ1n) is 7.90. The molecule has 0 aliphatic carbocycles. The summed E-state index contributed by atoms with van der Waals surface area (Å²) in [5, 5.41) is 20.3. The molecule has 0 saturated carbocycles. The second kappa shape index (κ2) is 12.6. The van der Waals surface area contributed by atoms with Crippen LogP contribution < -0.4 is 0 Å². The van der Waals surface area contributed by atoms with E-state index in [1.165, 1.54) is 11.1 Å². The highest BCUT2D eigenvalue weighted by molar-refractivity contribution is 5.69. The lowest BCUT2D eigenvalue weighted by Crippen LogP contribution is -1.78. The molecule has 2 aromatic heterocycles. The van der Waals surface area contributed by atoms with Gasteiger partial charge in [-0.1, -0.05) is 72.8 Å². The minimum absolute atomic E-state index is 1.23. The Balaban J connectivity index is 0.000000166. The topological polar surface area (TPSA) is 77.3 Å². The zero-order chi connectivity index (χ0) is 18.1. The largest absolute Gasteiger partial charge is 0.139 e. The third kappa shape index (κ3) is 8.73. The van der Waals surface area contributed by atoms with Crippen LogP contribution in [0.5, 0.6) is 0 Å². The minimum atomic E-state index is 1.23. The van der Waals surface area contributed by atoms with E-state index in [-0.39, 0.29) is 0 Å². The Labute approximate surface area is 152 Å². The highest BCUT2D eigenvalue weighted by Gasteiger charge is 1.84. The van der Waals surface area contributed by atoms with Gasteiger partial charge in [-0.25, -0.2) is 0 Å². The van der Waals surface area contributed by atoms with Crippen molar-refractivity contribution in [1.29, 1.82) is 0 Å². The van der Waals surface area contributed by atoms with E-state index in [4.69, 9.17) is 0 Å². The summed E-state index contributed by atoms with van der Waals surface area (Å²) in [5.41, 5.74) is 2.47. The van der Waals surface area contributed by atoms with Crippen LogP contribution >= 0.6 is 0 Å². The van der Waals surface area contributed by atoms with Gasteiger partial charge in [0.25, 0.3) is 0 Å². The lowest BCUT2D eigenvalue weighted by Gasteiger charge is -1.92. The fourth-order valence-corrected chi connectivity index (χ4v) is 1.73. The molecule has 0 N–H and O–H groups in total. The van der Waals surface area contributed by atoms with Crippen molar-refractivity contribution in [3.8, 4) is 0 Å². The van der Waals surface area contributed by atoms with E-state index >= 15 is 0 Å². The van der Waals surface area contributed by atoms with Crippen LogP contribution in [0.2, 0.25) is 0 Å². The molecule has 6 nitrogen and oxygen atoms in total. The lowest BCUT2D eigenvalue weighted by molar-refractivity contribution is 0.865. The van der Waals surface area contributed by atoms with E-state index in [2.05, 4.69) is 67.2 Å². The molecule has 0 aliphatic rings. The maximum atomic E-state index is 3.42. The van der Waals surface area contributed by atoms with Gasteiger partial charge in [-0.3, -0.25) is 0 Å². The van der Waals surface area contributed by atoms with Gasteiger partial charge in [0, 0.05) is 0 Å². The van der Waals surface area contributed by atoms with Crippen molar-refractivity contribution in [1.82, 2.24) is 30.8 Å². The number of benzene rings is 2. The Hall–Kier alpha value is -3.80. The maximum Gasteiger partial charge on any atom is 0.0529 e. The van der Waals surface area contributed by atoms with Gasteiger partial charge < -0.3 is 0 Å². The van der Waals surface area contributed by atoms with Gasteiger partial charge in [0.05, 0.1) is 24.8 Å². The molecule has 0 radical (unpaired) electrons. The Morgan fingerprint density at radius 2 is 0.769 bits per heavy atom. The summed E-state index contributed by atoms with van der Waals surface area (Å²) in [4.78, 5) is 0. The summed E-state index contributed by atoms with van der Waals surface area (Å²) in [5.74, 6) is 0. The number of hydrogen-bond donors (Lipinski definition) is 0. The van der Waals surface area contributed by atoms with Crippen LogP contribution in [0.4, 0.5) is 0 Å². The van der Waals surface area contributed by atoms with Crippen LogP contribution in [0.15, 0.2) is 97.6 Å². The first-order valence-corrected chi connectivity index (χ1v) is 7.90. The predicted octanol–water partition coefficient (Wildman–Crippen LogP) is 3.60. The molecule has 26 heavy (non-hydrogen) atoms. The maximum absolute atomic E-state index is 3.42. The summed E-state index contributed by atoms with van der Waals surface area (Å²) < 4.78 is 0. The van der Waals surface area contributed by atoms with Crippen molar-refractivity contribution in [2.75, 3.05) is 0 Å². The van der Waals surface area contributed by atoms with E-state index in [0.717, 1.165) is 0 Å². The molecule has 0 fully saturated rings. The molecule has 2 aromatic carbocycles. The first kappa shape index (κ1) is 18.5. The molecule has 0 saturated heterocycles. The fraction of sp³-hybridized carbons (Fsp3) is 0. The number of hydrogen-bond acceptors (Lipinski definition) is 6. The van der Waals surface area contributed by atoms with E-state index < -0.39 is 0 Å². The van der Waals surface area contributed by atoms with Crippen molar-refractivity contribution in [3.05, 3.63) is 109 Å². The minimum Gasteiger partial charge on any atom is -0.139 e. The lowest BCUT2D eigenvalue weighted by atomic mass is 10.1. The third-order valence-electron chi connectivity index (χ3n) is 2.88. The van der Waals surface area contributed by atoms with Crippen LogP contribution in [-0.4, -0.2) is 30.8 Å². The smallest absolute Gasteiger partial charge is 0.0529 e. The molecular weight excluding hydrogens is 324 g/mol. The molecule has 0 spiro atoms. The van der Waals surface area contributed by atoms with Crippen molar-refractivity contribution in [2.24, 2.45) is 0 Å². The summed E-state index contributed by atoms with van der Waals surface area (Å²) >= 11 is 0. The first-order chi connectivity index (χ1) is 12.9. The molecule has 2 heterocycles. The molecule has 6 heteroatoms. The van der Waals surface area contributed by atoms with Crippen LogP contribution in [-0.2, 0) is 0 Å². The van der Waals surface area contributed by atoms with Gasteiger partial charge in [-0.2, -0.15) is 0 Å². The standard InChI is InChI=1S/C14H12.2C3H3N3/c1-3-7-13(8-4-1)11-12-14-9-5-2-6-10-14;2*1-2-4-6-5-3-1/h1-12H;2*1-3H/b12-11+;;. The van der Waals surface area contributed by atoms with Gasteiger partial charge >= 0.3 is 0 Å². The molecule has 0 atom stereocenters. The van der Waals surface area contributed by atoms with Crippen molar-refractivity contribution < 1.29 is 0 Å². The molecule has 4 rings (SSSR count).